The number of benzene rings is 2. The van der Waals surface area contributed by atoms with E-state index in [9.17, 15) is 9.59 Å². The molecule has 0 amide bonds. The van der Waals surface area contributed by atoms with Crippen molar-refractivity contribution in [3.63, 3.8) is 0 Å². The minimum atomic E-state index is -0.567. The van der Waals surface area contributed by atoms with Gasteiger partial charge in [0.2, 0.25) is 5.78 Å². The summed E-state index contributed by atoms with van der Waals surface area (Å²) in [5.74, 6) is -0.828. The van der Waals surface area contributed by atoms with Crippen LogP contribution in [0.5, 0.6) is 0 Å². The average molecular weight is 309 g/mol. The minimum absolute atomic E-state index is 0.0889. The average Bonchev–Trinajstić information content (AvgIpc) is 3.03. The van der Waals surface area contributed by atoms with Crippen molar-refractivity contribution < 1.29 is 19.4 Å². The Balaban J connectivity index is 1.67. The van der Waals surface area contributed by atoms with Crippen molar-refractivity contribution in [2.45, 2.75) is 6.61 Å². The molecule has 2 N–H and O–H groups in total. The molecule has 2 aromatic carbocycles. The lowest BCUT2D eigenvalue weighted by Crippen LogP contribution is -2.14. The van der Waals surface area contributed by atoms with Crippen LogP contribution in [0.4, 0.5) is 0 Å². The number of H-pyrrole nitrogens is 1. The summed E-state index contributed by atoms with van der Waals surface area (Å²) in [6, 6.07) is 13.8. The summed E-state index contributed by atoms with van der Waals surface area (Å²) < 4.78 is 5.07. The molecule has 1 aromatic heterocycles. The van der Waals surface area contributed by atoms with Gasteiger partial charge in [-0.15, -0.1) is 0 Å². The van der Waals surface area contributed by atoms with E-state index in [0.29, 0.717) is 16.7 Å². The molecule has 0 saturated heterocycles. The van der Waals surface area contributed by atoms with Crippen LogP contribution in [0, 0.1) is 0 Å². The SMILES string of the molecule is O=C(OCC(=O)c1c[nH]c2ccccc12)c1ccc(CO)cc1. The van der Waals surface area contributed by atoms with Gasteiger partial charge in [0.15, 0.2) is 6.61 Å². The maximum absolute atomic E-state index is 12.2. The Hall–Kier alpha value is -2.92. The number of hydrogen-bond donors (Lipinski definition) is 2. The number of aliphatic hydroxyl groups is 1. The fourth-order valence-electron chi connectivity index (χ4n) is 2.34. The van der Waals surface area contributed by atoms with Crippen LogP contribution in [0.2, 0.25) is 0 Å². The van der Waals surface area contributed by atoms with Gasteiger partial charge in [0.1, 0.15) is 0 Å². The quantitative estimate of drug-likeness (QED) is 0.561. The predicted molar refractivity (Wildman–Crippen MR) is 85.3 cm³/mol. The Morgan fingerprint density at radius 1 is 1.04 bits per heavy atom. The van der Waals surface area contributed by atoms with Crippen molar-refractivity contribution in [2.75, 3.05) is 6.61 Å². The number of esters is 1. The zero-order valence-corrected chi connectivity index (χ0v) is 12.3. The molecule has 23 heavy (non-hydrogen) atoms. The maximum Gasteiger partial charge on any atom is 0.338 e. The molecule has 0 atom stereocenters. The zero-order valence-electron chi connectivity index (χ0n) is 12.3. The summed E-state index contributed by atoms with van der Waals surface area (Å²) in [5.41, 5.74) is 2.41. The van der Waals surface area contributed by atoms with Crippen molar-refractivity contribution >= 4 is 22.7 Å². The second-order valence-electron chi connectivity index (χ2n) is 5.10. The number of Topliss-reactive ketones (excluding diaryl/α,β-unsaturated/α-hetero) is 1. The standard InChI is InChI=1S/C18H15NO4/c20-10-12-5-7-13(8-6-12)18(22)23-11-17(21)15-9-19-16-4-2-1-3-14(15)16/h1-9,19-20H,10-11H2. The summed E-state index contributed by atoms with van der Waals surface area (Å²) in [7, 11) is 0. The maximum atomic E-state index is 12.2. The number of hydrogen-bond acceptors (Lipinski definition) is 4. The first-order valence-corrected chi connectivity index (χ1v) is 7.15. The third kappa shape index (κ3) is 3.14. The summed E-state index contributed by atoms with van der Waals surface area (Å²) in [5, 5.41) is 9.78. The molecule has 116 valence electrons. The predicted octanol–water partition coefficient (Wildman–Crippen LogP) is 2.70. The number of fused-ring (bicyclic) bond motifs is 1. The summed E-state index contributed by atoms with van der Waals surface area (Å²) in [6.45, 7) is -0.406. The number of ketones is 1. The first-order chi connectivity index (χ1) is 11.2. The number of ether oxygens (including phenoxy) is 1. The molecule has 1 heterocycles. The number of carbonyl (C=O) groups is 2. The zero-order chi connectivity index (χ0) is 16.2. The van der Waals surface area contributed by atoms with Crippen LogP contribution < -0.4 is 0 Å². The third-order valence-electron chi connectivity index (χ3n) is 3.60. The highest BCUT2D eigenvalue weighted by molar-refractivity contribution is 6.09. The molecule has 0 saturated carbocycles. The van der Waals surface area contributed by atoms with Crippen LogP contribution in [-0.4, -0.2) is 28.4 Å². The van der Waals surface area contributed by atoms with Crippen molar-refractivity contribution in [1.82, 2.24) is 4.98 Å². The molecule has 0 aliphatic heterocycles. The second-order valence-corrected chi connectivity index (χ2v) is 5.10. The van der Waals surface area contributed by atoms with Gasteiger partial charge in [0, 0.05) is 22.7 Å². The first-order valence-electron chi connectivity index (χ1n) is 7.15. The number of nitrogens with one attached hydrogen (secondary N) is 1. The van der Waals surface area contributed by atoms with Gasteiger partial charge in [-0.05, 0) is 23.8 Å². The fraction of sp³-hybridized carbons (Fsp3) is 0.111. The Morgan fingerprint density at radius 3 is 2.52 bits per heavy atom. The Kier molecular flexibility index (Phi) is 4.21. The van der Waals surface area contributed by atoms with Crippen molar-refractivity contribution in [3.8, 4) is 0 Å². The molecular formula is C18H15NO4. The van der Waals surface area contributed by atoms with Crippen LogP contribution in [0.15, 0.2) is 54.7 Å². The molecule has 0 aliphatic rings. The van der Waals surface area contributed by atoms with Gasteiger partial charge in [0.05, 0.1) is 12.2 Å². The number of aliphatic hydroxyl groups excluding tert-OH is 1. The Labute approximate surface area is 132 Å². The Bertz CT molecular complexity index is 849. The highest BCUT2D eigenvalue weighted by Crippen LogP contribution is 2.18. The first kappa shape index (κ1) is 15.0. The molecule has 0 aliphatic carbocycles. The summed E-state index contributed by atoms with van der Waals surface area (Å²) in [6.07, 6.45) is 1.62. The van der Waals surface area contributed by atoms with Gasteiger partial charge < -0.3 is 14.8 Å². The van der Waals surface area contributed by atoms with Crippen LogP contribution in [0.3, 0.4) is 0 Å². The summed E-state index contributed by atoms with van der Waals surface area (Å²) >= 11 is 0. The molecule has 0 radical (unpaired) electrons. The van der Waals surface area contributed by atoms with Gasteiger partial charge in [-0.2, -0.15) is 0 Å². The molecule has 0 spiro atoms. The van der Waals surface area contributed by atoms with E-state index < -0.39 is 5.97 Å². The molecule has 5 nitrogen and oxygen atoms in total. The number of carbonyl (C=O) groups excluding carboxylic acids is 2. The number of rotatable bonds is 5. The fourth-order valence-corrected chi connectivity index (χ4v) is 2.34. The van der Waals surface area contributed by atoms with Crippen molar-refractivity contribution in [1.29, 1.82) is 0 Å². The molecule has 0 fully saturated rings. The largest absolute Gasteiger partial charge is 0.454 e. The minimum Gasteiger partial charge on any atom is -0.454 e. The second kappa shape index (κ2) is 6.46. The molecule has 0 bridgehead atoms. The highest BCUT2D eigenvalue weighted by Gasteiger charge is 2.15. The van der Waals surface area contributed by atoms with Crippen LogP contribution in [0.1, 0.15) is 26.3 Å². The number of aromatic nitrogens is 1. The van der Waals surface area contributed by atoms with Gasteiger partial charge in [-0.1, -0.05) is 30.3 Å². The molecule has 3 aromatic rings. The number of aromatic amines is 1. The monoisotopic (exact) mass is 309 g/mol. The highest BCUT2D eigenvalue weighted by atomic mass is 16.5. The lowest BCUT2D eigenvalue weighted by atomic mass is 10.1. The van der Waals surface area contributed by atoms with E-state index in [1.807, 2.05) is 24.3 Å². The van der Waals surface area contributed by atoms with Gasteiger partial charge >= 0.3 is 5.97 Å². The third-order valence-corrected chi connectivity index (χ3v) is 3.60. The van der Waals surface area contributed by atoms with Gasteiger partial charge in [0.25, 0.3) is 0 Å². The number of para-hydroxylation sites is 1. The molecular weight excluding hydrogens is 294 g/mol. The topological polar surface area (TPSA) is 79.4 Å². The lowest BCUT2D eigenvalue weighted by molar-refractivity contribution is 0.0475. The van der Waals surface area contributed by atoms with E-state index in [0.717, 1.165) is 10.9 Å². The van der Waals surface area contributed by atoms with E-state index >= 15 is 0 Å². The van der Waals surface area contributed by atoms with Crippen LogP contribution in [0.25, 0.3) is 10.9 Å². The summed E-state index contributed by atoms with van der Waals surface area (Å²) in [4.78, 5) is 27.2. The smallest absolute Gasteiger partial charge is 0.338 e. The van der Waals surface area contributed by atoms with E-state index in [2.05, 4.69) is 4.98 Å². The van der Waals surface area contributed by atoms with E-state index in [1.165, 1.54) is 0 Å². The molecule has 3 rings (SSSR count). The Morgan fingerprint density at radius 2 is 1.78 bits per heavy atom. The normalized spacial score (nSPS) is 10.7. The van der Waals surface area contributed by atoms with Gasteiger partial charge in [-0.3, -0.25) is 4.79 Å². The van der Waals surface area contributed by atoms with E-state index in [-0.39, 0.29) is 19.0 Å². The van der Waals surface area contributed by atoms with E-state index in [4.69, 9.17) is 9.84 Å². The van der Waals surface area contributed by atoms with Crippen LogP contribution in [-0.2, 0) is 11.3 Å². The van der Waals surface area contributed by atoms with Crippen molar-refractivity contribution in [2.24, 2.45) is 0 Å². The molecule has 0 unspecified atom stereocenters. The van der Waals surface area contributed by atoms with E-state index in [1.54, 1.807) is 30.5 Å². The van der Waals surface area contributed by atoms with Gasteiger partial charge in [-0.25, -0.2) is 4.79 Å². The van der Waals surface area contributed by atoms with Crippen molar-refractivity contribution in [3.05, 3.63) is 71.4 Å². The van der Waals surface area contributed by atoms with Crippen LogP contribution >= 0.6 is 0 Å². The lowest BCUT2D eigenvalue weighted by Gasteiger charge is -2.04. The molecule has 5 heteroatoms.